The predicted molar refractivity (Wildman–Crippen MR) is 101 cm³/mol. The number of likely N-dealkylation sites (N-methyl/N-ethyl adjacent to an activating group) is 1. The summed E-state index contributed by atoms with van der Waals surface area (Å²) in [6.45, 7) is 0.257. The van der Waals surface area contributed by atoms with Gasteiger partial charge >= 0.3 is 6.18 Å². The molecule has 28 heavy (non-hydrogen) atoms. The van der Waals surface area contributed by atoms with Crippen molar-refractivity contribution in [1.29, 1.82) is 0 Å². The highest BCUT2D eigenvalue weighted by Crippen LogP contribution is 2.29. The van der Waals surface area contributed by atoms with Crippen molar-refractivity contribution in [2.24, 2.45) is 0 Å². The van der Waals surface area contributed by atoms with Crippen LogP contribution in [-0.4, -0.2) is 17.9 Å². The van der Waals surface area contributed by atoms with Gasteiger partial charge in [0.15, 0.2) is 0 Å². The van der Waals surface area contributed by atoms with Crippen molar-refractivity contribution in [1.82, 2.24) is 4.90 Å². The number of carbonyl (C=O) groups excluding carboxylic acids is 1. The Balaban J connectivity index is 1.61. The largest absolute Gasteiger partial charge is 0.459 e. The van der Waals surface area contributed by atoms with E-state index >= 15 is 0 Å². The molecule has 2 aromatic carbocycles. The Morgan fingerprint density at radius 1 is 1.00 bits per heavy atom. The molecule has 1 heterocycles. The molecule has 0 atom stereocenters. The quantitative estimate of drug-likeness (QED) is 0.534. The van der Waals surface area contributed by atoms with Crippen LogP contribution in [0.25, 0.3) is 11.3 Å². The third-order valence-corrected chi connectivity index (χ3v) is 4.50. The molecule has 0 bridgehead atoms. The minimum atomic E-state index is -4.39. The highest BCUT2D eigenvalue weighted by Gasteiger charge is 2.30. The lowest BCUT2D eigenvalue weighted by Crippen LogP contribution is -2.27. The number of hydrogen-bond acceptors (Lipinski definition) is 2. The third-order valence-electron chi connectivity index (χ3n) is 4.25. The zero-order valence-electron chi connectivity index (χ0n) is 15.0. The van der Waals surface area contributed by atoms with E-state index in [1.807, 2.05) is 18.2 Å². The Morgan fingerprint density at radius 3 is 2.25 bits per heavy atom. The molecule has 0 saturated heterocycles. The topological polar surface area (TPSA) is 33.5 Å². The van der Waals surface area contributed by atoms with Crippen LogP contribution in [0.5, 0.6) is 0 Å². The second-order valence-electron chi connectivity index (χ2n) is 6.39. The Morgan fingerprint density at radius 2 is 1.64 bits per heavy atom. The summed E-state index contributed by atoms with van der Waals surface area (Å²) in [5.74, 6) is 1.05. The lowest BCUT2D eigenvalue weighted by Gasteiger charge is -2.16. The first kappa shape index (κ1) is 20.0. The second-order valence-corrected chi connectivity index (χ2v) is 6.83. The number of alkyl halides is 3. The van der Waals surface area contributed by atoms with Gasteiger partial charge in [-0.25, -0.2) is 0 Å². The first-order valence-corrected chi connectivity index (χ1v) is 8.85. The van der Waals surface area contributed by atoms with Crippen LogP contribution < -0.4 is 0 Å². The lowest BCUT2D eigenvalue weighted by atomic mass is 10.1. The van der Waals surface area contributed by atoms with Crippen molar-refractivity contribution in [3.63, 3.8) is 0 Å². The summed E-state index contributed by atoms with van der Waals surface area (Å²) in [6.07, 6.45) is -4.38. The van der Waals surface area contributed by atoms with Crippen LogP contribution in [0, 0.1) is 0 Å². The molecule has 0 spiro atoms. The van der Waals surface area contributed by atoms with E-state index in [-0.39, 0.29) is 18.9 Å². The van der Waals surface area contributed by atoms with Gasteiger partial charge < -0.3 is 9.32 Å². The fraction of sp³-hybridized carbons (Fsp3) is 0.190. The third kappa shape index (κ3) is 4.95. The Kier molecular flexibility index (Phi) is 5.79. The van der Waals surface area contributed by atoms with E-state index in [2.05, 4.69) is 0 Å². The van der Waals surface area contributed by atoms with Crippen LogP contribution >= 0.6 is 11.6 Å². The highest BCUT2D eigenvalue weighted by molar-refractivity contribution is 6.30. The SMILES string of the molecule is CN(Cc1ccc(-c2ccc(Cl)cc2)o1)C(=O)Cc1ccc(C(F)(F)F)cc1. The molecule has 0 aliphatic rings. The first-order valence-electron chi connectivity index (χ1n) is 8.47. The zero-order valence-corrected chi connectivity index (χ0v) is 15.7. The summed E-state index contributed by atoms with van der Waals surface area (Å²) in [5, 5.41) is 0.629. The van der Waals surface area contributed by atoms with Crippen LogP contribution in [0.1, 0.15) is 16.9 Å². The summed E-state index contributed by atoms with van der Waals surface area (Å²) >= 11 is 5.87. The lowest BCUT2D eigenvalue weighted by molar-refractivity contribution is -0.137. The van der Waals surface area contributed by atoms with Gasteiger partial charge in [-0.3, -0.25) is 4.79 Å². The van der Waals surface area contributed by atoms with Crippen LogP contribution in [0.4, 0.5) is 13.2 Å². The van der Waals surface area contributed by atoms with Crippen LogP contribution in [-0.2, 0) is 23.9 Å². The maximum absolute atomic E-state index is 12.6. The number of carbonyl (C=O) groups is 1. The van der Waals surface area contributed by atoms with Gasteiger partial charge in [0.05, 0.1) is 18.5 Å². The second kappa shape index (κ2) is 8.10. The maximum Gasteiger partial charge on any atom is 0.416 e. The van der Waals surface area contributed by atoms with E-state index in [1.54, 1.807) is 25.2 Å². The fourth-order valence-electron chi connectivity index (χ4n) is 2.68. The van der Waals surface area contributed by atoms with Gasteiger partial charge in [0.25, 0.3) is 0 Å². The summed E-state index contributed by atoms with van der Waals surface area (Å²) in [5.41, 5.74) is 0.655. The average Bonchev–Trinajstić information content (AvgIpc) is 3.10. The van der Waals surface area contributed by atoms with Crippen molar-refractivity contribution in [3.8, 4) is 11.3 Å². The van der Waals surface area contributed by atoms with E-state index < -0.39 is 11.7 Å². The number of halogens is 4. The Hall–Kier alpha value is -2.73. The number of benzene rings is 2. The molecule has 1 amide bonds. The molecule has 3 nitrogen and oxygen atoms in total. The molecule has 0 saturated carbocycles. The molecular weight excluding hydrogens is 391 g/mol. The standard InChI is InChI=1S/C21H17ClF3NO2/c1-26(20(27)12-14-2-6-16(7-3-14)21(23,24)25)13-18-10-11-19(28-18)15-4-8-17(22)9-5-15/h2-11H,12-13H2,1H3. The minimum Gasteiger partial charge on any atom is -0.459 e. The smallest absolute Gasteiger partial charge is 0.416 e. The molecule has 0 unspecified atom stereocenters. The minimum absolute atomic E-state index is 0.0133. The normalized spacial score (nSPS) is 11.5. The van der Waals surface area contributed by atoms with E-state index in [4.69, 9.17) is 16.0 Å². The van der Waals surface area contributed by atoms with E-state index in [0.717, 1.165) is 17.7 Å². The molecule has 0 N–H and O–H groups in total. The molecule has 3 aromatic rings. The van der Waals surface area contributed by atoms with Crippen LogP contribution in [0.15, 0.2) is 65.1 Å². The van der Waals surface area contributed by atoms with E-state index in [1.165, 1.54) is 17.0 Å². The van der Waals surface area contributed by atoms with Crippen LogP contribution in [0.2, 0.25) is 5.02 Å². The molecular formula is C21H17ClF3NO2. The Labute approximate surface area is 165 Å². The summed E-state index contributed by atoms with van der Waals surface area (Å²) in [4.78, 5) is 13.8. The molecule has 7 heteroatoms. The van der Waals surface area contributed by atoms with Gasteiger partial charge in [0, 0.05) is 17.6 Å². The summed E-state index contributed by atoms with van der Waals surface area (Å²) < 4.78 is 43.6. The van der Waals surface area contributed by atoms with Gasteiger partial charge in [-0.2, -0.15) is 13.2 Å². The summed E-state index contributed by atoms with van der Waals surface area (Å²) in [6, 6.07) is 15.4. The predicted octanol–water partition coefficient (Wildman–Crippen LogP) is 5.82. The van der Waals surface area contributed by atoms with Gasteiger partial charge in [0.1, 0.15) is 11.5 Å². The highest BCUT2D eigenvalue weighted by atomic mass is 35.5. The van der Waals surface area contributed by atoms with Crippen molar-refractivity contribution < 1.29 is 22.4 Å². The molecule has 3 rings (SSSR count). The van der Waals surface area contributed by atoms with Gasteiger partial charge in [0.2, 0.25) is 5.91 Å². The van der Waals surface area contributed by atoms with Gasteiger partial charge in [-0.05, 0) is 54.1 Å². The molecule has 0 radical (unpaired) electrons. The number of furan rings is 1. The first-order chi connectivity index (χ1) is 13.2. The van der Waals surface area contributed by atoms with Crippen LogP contribution in [0.3, 0.4) is 0 Å². The van der Waals surface area contributed by atoms with E-state index in [9.17, 15) is 18.0 Å². The molecule has 146 valence electrons. The van der Waals surface area contributed by atoms with Crippen molar-refractivity contribution in [2.75, 3.05) is 7.05 Å². The number of rotatable bonds is 5. The average molecular weight is 408 g/mol. The van der Waals surface area contributed by atoms with Crippen molar-refractivity contribution in [3.05, 3.63) is 82.6 Å². The van der Waals surface area contributed by atoms with Gasteiger partial charge in [-0.1, -0.05) is 23.7 Å². The maximum atomic E-state index is 12.6. The molecule has 1 aromatic heterocycles. The zero-order chi connectivity index (χ0) is 20.3. The van der Waals surface area contributed by atoms with Gasteiger partial charge in [-0.15, -0.1) is 0 Å². The monoisotopic (exact) mass is 407 g/mol. The molecule has 0 aliphatic heterocycles. The molecule has 0 fully saturated rings. The summed E-state index contributed by atoms with van der Waals surface area (Å²) in [7, 11) is 1.62. The molecule has 0 aliphatic carbocycles. The van der Waals surface area contributed by atoms with Crippen molar-refractivity contribution in [2.45, 2.75) is 19.1 Å². The number of amides is 1. The number of nitrogens with zero attached hydrogens (tertiary/aromatic N) is 1. The van der Waals surface area contributed by atoms with E-state index in [0.29, 0.717) is 22.1 Å². The van der Waals surface area contributed by atoms with Crippen molar-refractivity contribution >= 4 is 17.5 Å². The fourth-order valence-corrected chi connectivity index (χ4v) is 2.80. The Bertz CT molecular complexity index is 947. The number of hydrogen-bond donors (Lipinski definition) is 0.